The average Bonchev–Trinajstić information content (AvgIpc) is 3.44. The molecule has 2 N–H and O–H groups in total. The van der Waals surface area contributed by atoms with Crippen LogP contribution in [0.4, 0.5) is 5.69 Å². The van der Waals surface area contributed by atoms with Gasteiger partial charge in [0.05, 0.1) is 32.6 Å². The third-order valence-corrected chi connectivity index (χ3v) is 7.53. The Morgan fingerprint density at radius 2 is 1.97 bits per heavy atom. The lowest BCUT2D eigenvalue weighted by Crippen LogP contribution is -2.20. The zero-order valence-electron chi connectivity index (χ0n) is 18.1. The van der Waals surface area contributed by atoms with E-state index in [1.54, 1.807) is 36.0 Å². The van der Waals surface area contributed by atoms with Crippen LogP contribution in [0.3, 0.4) is 0 Å². The van der Waals surface area contributed by atoms with E-state index in [-0.39, 0.29) is 16.8 Å². The van der Waals surface area contributed by atoms with E-state index >= 15 is 0 Å². The summed E-state index contributed by atoms with van der Waals surface area (Å²) in [6.45, 7) is 5.71. The number of benzene rings is 1. The van der Waals surface area contributed by atoms with E-state index in [9.17, 15) is 13.2 Å². The number of aryl methyl sites for hydroxylation is 1. The number of sulfonamides is 1. The van der Waals surface area contributed by atoms with Crippen molar-refractivity contribution in [2.45, 2.75) is 31.7 Å². The molecule has 3 aromatic heterocycles. The summed E-state index contributed by atoms with van der Waals surface area (Å²) in [6, 6.07) is 10.5. The van der Waals surface area contributed by atoms with E-state index in [1.807, 2.05) is 31.4 Å². The van der Waals surface area contributed by atoms with Gasteiger partial charge in [0, 0.05) is 11.7 Å². The predicted octanol–water partition coefficient (Wildman–Crippen LogP) is 4.21. The quantitative estimate of drug-likeness (QED) is 0.440. The number of fused-ring (bicyclic) bond motifs is 1. The van der Waals surface area contributed by atoms with Crippen LogP contribution in [0.1, 0.15) is 35.8 Å². The summed E-state index contributed by atoms with van der Waals surface area (Å²) in [4.78, 5) is 19.1. The zero-order valence-corrected chi connectivity index (χ0v) is 19.7. The number of anilines is 1. The van der Waals surface area contributed by atoms with E-state index in [2.05, 4.69) is 15.1 Å². The SMILES string of the molecule is CNS(=O)(=O)c1cc(NC(=O)c2cc(-c3cccs3)nc3c2cnn3C(C)C)ccc1C. The molecule has 0 aliphatic heterocycles. The van der Waals surface area contributed by atoms with E-state index in [0.717, 1.165) is 4.88 Å². The molecule has 4 rings (SSSR count). The maximum atomic E-state index is 13.3. The van der Waals surface area contributed by atoms with Crippen molar-refractivity contribution in [1.82, 2.24) is 19.5 Å². The Morgan fingerprint density at radius 3 is 2.62 bits per heavy atom. The second-order valence-corrected chi connectivity index (χ2v) is 10.4. The number of carbonyl (C=O) groups is 1. The molecule has 1 amide bonds. The van der Waals surface area contributed by atoms with Crippen LogP contribution in [-0.2, 0) is 10.0 Å². The van der Waals surface area contributed by atoms with Gasteiger partial charge >= 0.3 is 0 Å². The summed E-state index contributed by atoms with van der Waals surface area (Å²) in [5.74, 6) is -0.366. The van der Waals surface area contributed by atoms with Crippen molar-refractivity contribution in [3.8, 4) is 10.6 Å². The number of carbonyl (C=O) groups excluding carboxylic acids is 1. The lowest BCUT2D eigenvalue weighted by atomic mass is 10.1. The fraction of sp³-hybridized carbons (Fsp3) is 0.227. The molecule has 0 fully saturated rings. The lowest BCUT2D eigenvalue weighted by Gasteiger charge is -2.12. The monoisotopic (exact) mass is 469 g/mol. The summed E-state index contributed by atoms with van der Waals surface area (Å²) in [5, 5.41) is 9.85. The second kappa shape index (κ2) is 8.45. The van der Waals surface area contributed by atoms with Crippen LogP contribution in [0, 0.1) is 6.92 Å². The normalized spacial score (nSPS) is 11.9. The summed E-state index contributed by atoms with van der Waals surface area (Å²) in [5.41, 5.74) is 2.69. The highest BCUT2D eigenvalue weighted by Crippen LogP contribution is 2.29. The minimum absolute atomic E-state index is 0.0703. The zero-order chi connectivity index (χ0) is 23.0. The Balaban J connectivity index is 1.80. The van der Waals surface area contributed by atoms with Gasteiger partial charge in [0.2, 0.25) is 10.0 Å². The smallest absolute Gasteiger partial charge is 0.256 e. The summed E-state index contributed by atoms with van der Waals surface area (Å²) >= 11 is 1.54. The number of thiophene rings is 1. The Morgan fingerprint density at radius 1 is 1.19 bits per heavy atom. The summed E-state index contributed by atoms with van der Waals surface area (Å²) in [6.07, 6.45) is 1.64. The van der Waals surface area contributed by atoms with Gasteiger partial charge in [-0.3, -0.25) is 4.79 Å². The van der Waals surface area contributed by atoms with Crippen LogP contribution in [0.5, 0.6) is 0 Å². The molecular formula is C22H23N5O3S2. The number of nitrogens with one attached hydrogen (secondary N) is 2. The Labute approximate surface area is 190 Å². The van der Waals surface area contributed by atoms with Gasteiger partial charge in [-0.2, -0.15) is 5.10 Å². The van der Waals surface area contributed by atoms with Gasteiger partial charge in [-0.1, -0.05) is 12.1 Å². The highest BCUT2D eigenvalue weighted by molar-refractivity contribution is 7.89. The molecule has 32 heavy (non-hydrogen) atoms. The van der Waals surface area contributed by atoms with Crippen LogP contribution in [0.2, 0.25) is 0 Å². The number of aromatic nitrogens is 3. The molecule has 0 radical (unpaired) electrons. The molecule has 0 bridgehead atoms. The average molecular weight is 470 g/mol. The van der Waals surface area contributed by atoms with Crippen molar-refractivity contribution >= 4 is 44.0 Å². The molecule has 3 heterocycles. The molecule has 166 valence electrons. The van der Waals surface area contributed by atoms with Gasteiger partial charge in [0.25, 0.3) is 5.91 Å². The van der Waals surface area contributed by atoms with Crippen molar-refractivity contribution < 1.29 is 13.2 Å². The Kier molecular flexibility index (Phi) is 5.85. The topological polar surface area (TPSA) is 106 Å². The van der Waals surface area contributed by atoms with Gasteiger partial charge in [-0.05, 0) is 63.0 Å². The third-order valence-electron chi connectivity index (χ3n) is 5.08. The molecular weight excluding hydrogens is 446 g/mol. The van der Waals surface area contributed by atoms with E-state index in [4.69, 9.17) is 4.98 Å². The Bertz CT molecular complexity index is 1410. The van der Waals surface area contributed by atoms with Gasteiger partial charge in [0.15, 0.2) is 5.65 Å². The molecule has 1 aromatic carbocycles. The predicted molar refractivity (Wildman–Crippen MR) is 127 cm³/mol. The minimum Gasteiger partial charge on any atom is -0.322 e. The molecule has 4 aromatic rings. The number of nitrogens with zero attached hydrogens (tertiary/aromatic N) is 3. The first-order chi connectivity index (χ1) is 15.2. The molecule has 10 heteroatoms. The number of hydrogen-bond donors (Lipinski definition) is 2. The lowest BCUT2D eigenvalue weighted by molar-refractivity contribution is 0.102. The molecule has 0 saturated carbocycles. The van der Waals surface area contributed by atoms with Gasteiger partial charge in [0.1, 0.15) is 0 Å². The van der Waals surface area contributed by atoms with E-state index in [0.29, 0.717) is 33.5 Å². The first kappa shape index (κ1) is 22.1. The van der Waals surface area contributed by atoms with Crippen LogP contribution < -0.4 is 10.0 Å². The van der Waals surface area contributed by atoms with Gasteiger partial charge in [-0.25, -0.2) is 22.8 Å². The van der Waals surface area contributed by atoms with Crippen LogP contribution in [0.25, 0.3) is 21.6 Å². The third kappa shape index (κ3) is 4.04. The molecule has 0 atom stereocenters. The van der Waals surface area contributed by atoms with Gasteiger partial charge < -0.3 is 5.32 Å². The molecule has 0 aliphatic carbocycles. The number of pyridine rings is 1. The number of hydrogen-bond acceptors (Lipinski definition) is 6. The highest BCUT2D eigenvalue weighted by Gasteiger charge is 2.20. The van der Waals surface area contributed by atoms with Crippen LogP contribution in [-0.4, -0.2) is 36.1 Å². The van der Waals surface area contributed by atoms with Crippen molar-refractivity contribution in [1.29, 1.82) is 0 Å². The first-order valence-corrected chi connectivity index (χ1v) is 12.3. The van der Waals surface area contributed by atoms with Gasteiger partial charge in [-0.15, -0.1) is 11.3 Å². The first-order valence-electron chi connectivity index (χ1n) is 9.99. The molecule has 0 unspecified atom stereocenters. The van der Waals surface area contributed by atoms with Crippen molar-refractivity contribution in [2.24, 2.45) is 0 Å². The standard InChI is InChI=1S/C22H23N5O3S2/c1-13(2)27-21-17(12-24-27)16(11-18(26-21)19-6-5-9-31-19)22(28)25-15-8-7-14(3)20(10-15)32(29,30)23-4/h5-13,23H,1-4H3,(H,25,28). The number of rotatable bonds is 6. The summed E-state index contributed by atoms with van der Waals surface area (Å²) in [7, 11) is -2.30. The molecule has 0 saturated heterocycles. The molecule has 0 spiro atoms. The Hall–Kier alpha value is -3.08. The number of amides is 1. The van der Waals surface area contributed by atoms with Crippen LogP contribution >= 0.6 is 11.3 Å². The summed E-state index contributed by atoms with van der Waals surface area (Å²) < 4.78 is 28.7. The largest absolute Gasteiger partial charge is 0.322 e. The second-order valence-electron chi connectivity index (χ2n) is 7.59. The maximum absolute atomic E-state index is 13.3. The van der Waals surface area contributed by atoms with Crippen molar-refractivity contribution in [3.05, 3.63) is 59.1 Å². The van der Waals surface area contributed by atoms with E-state index in [1.165, 1.54) is 24.5 Å². The molecule has 0 aliphatic rings. The minimum atomic E-state index is -3.65. The fourth-order valence-corrected chi connectivity index (χ4v) is 5.09. The molecule has 8 nitrogen and oxygen atoms in total. The highest BCUT2D eigenvalue weighted by atomic mass is 32.2. The maximum Gasteiger partial charge on any atom is 0.256 e. The van der Waals surface area contributed by atoms with Crippen LogP contribution in [0.15, 0.2) is 52.9 Å². The van der Waals surface area contributed by atoms with Crippen molar-refractivity contribution in [3.63, 3.8) is 0 Å². The fourth-order valence-electron chi connectivity index (χ4n) is 3.41. The van der Waals surface area contributed by atoms with E-state index < -0.39 is 10.0 Å². The van der Waals surface area contributed by atoms with Crippen molar-refractivity contribution in [2.75, 3.05) is 12.4 Å².